The number of aliphatic hydroxyl groups is 2. The minimum atomic E-state index is -1.57. The highest BCUT2D eigenvalue weighted by Gasteiger charge is 2.35. The van der Waals surface area contributed by atoms with E-state index in [-0.39, 0.29) is 11.4 Å². The van der Waals surface area contributed by atoms with Crippen LogP contribution in [0, 0.1) is 23.3 Å². The lowest BCUT2D eigenvalue weighted by Crippen LogP contribution is -2.05. The summed E-state index contributed by atoms with van der Waals surface area (Å²) in [6.07, 6.45) is -2.21. The van der Waals surface area contributed by atoms with Gasteiger partial charge >= 0.3 is 0 Å². The van der Waals surface area contributed by atoms with E-state index in [1.165, 1.54) is 60.7 Å². The molecular formula is C44H30F4N4O2. The van der Waals surface area contributed by atoms with Gasteiger partial charge in [-0.1, -0.05) is 48.5 Å². The molecule has 0 aliphatic carbocycles. The third-order valence-corrected chi connectivity index (χ3v) is 9.96. The number of halogens is 4. The molecule has 2 aliphatic rings. The van der Waals surface area contributed by atoms with Crippen LogP contribution in [-0.4, -0.2) is 30.1 Å². The van der Waals surface area contributed by atoms with E-state index in [2.05, 4.69) is 9.97 Å². The Hall–Kier alpha value is -6.36. The maximum absolute atomic E-state index is 14.9. The van der Waals surface area contributed by atoms with Crippen LogP contribution in [0.2, 0.25) is 0 Å². The van der Waals surface area contributed by atoms with Crippen molar-refractivity contribution in [3.63, 3.8) is 0 Å². The zero-order valence-corrected chi connectivity index (χ0v) is 28.4. The van der Waals surface area contributed by atoms with E-state index < -0.39 is 35.5 Å². The van der Waals surface area contributed by atoms with Crippen molar-refractivity contribution < 1.29 is 27.8 Å². The Morgan fingerprint density at radius 2 is 0.741 bits per heavy atom. The Bertz CT molecular complexity index is 2610. The zero-order valence-electron chi connectivity index (χ0n) is 28.4. The Morgan fingerprint density at radius 1 is 0.426 bits per heavy atom. The van der Waals surface area contributed by atoms with E-state index >= 15 is 0 Å². The number of benzene rings is 4. The van der Waals surface area contributed by atoms with Crippen LogP contribution in [-0.2, 0) is 12.8 Å². The summed E-state index contributed by atoms with van der Waals surface area (Å²) in [4.78, 5) is 16.9. The first-order chi connectivity index (χ1) is 26.2. The maximum atomic E-state index is 14.9. The van der Waals surface area contributed by atoms with Gasteiger partial charge < -0.3 is 20.2 Å². The average Bonchev–Trinajstić information content (AvgIpc) is 3.97. The number of nitrogens with zero attached hydrogens (tertiary/aromatic N) is 2. The van der Waals surface area contributed by atoms with E-state index in [1.807, 2.05) is 0 Å². The van der Waals surface area contributed by atoms with Gasteiger partial charge in [-0.05, 0) is 108 Å². The molecular weight excluding hydrogens is 693 g/mol. The Kier molecular flexibility index (Phi) is 8.21. The van der Waals surface area contributed by atoms with Crippen LogP contribution in [0.25, 0.3) is 66.6 Å². The number of aromatic nitrogens is 4. The molecule has 0 unspecified atom stereocenters. The molecule has 266 valence electrons. The molecule has 0 saturated carbocycles. The van der Waals surface area contributed by atoms with Gasteiger partial charge in [-0.3, -0.25) is 9.97 Å². The molecule has 0 radical (unpaired) electrons. The van der Waals surface area contributed by atoms with Gasteiger partial charge in [0.05, 0.1) is 22.8 Å². The van der Waals surface area contributed by atoms with Crippen molar-refractivity contribution in [3.05, 3.63) is 167 Å². The standard InChI is InChI=1S/C44H30F4N4O2/c45-27-9-1-5-23(19-27)37-31-13-14-32(49-31)38(24-6-2-10-28(46)20-24)34-16-18-36(51-34)40(26-8-4-12-30(48)22-26)42-44(54)43(53)41(52-42)39(35-17-15-33(37)50-35)25-7-3-11-29(47)21-25/h1-12,15-22,43-44,50-51,53-54H,13-14H2/t43-,44+. The Balaban J connectivity index is 1.51. The summed E-state index contributed by atoms with van der Waals surface area (Å²) in [5.74, 6) is -1.93. The van der Waals surface area contributed by atoms with E-state index in [4.69, 9.17) is 9.97 Å². The fourth-order valence-corrected chi connectivity index (χ4v) is 7.63. The quantitative estimate of drug-likeness (QED) is 0.136. The highest BCUT2D eigenvalue weighted by molar-refractivity contribution is 5.92. The zero-order chi connectivity index (χ0) is 37.1. The summed E-state index contributed by atoms with van der Waals surface area (Å²) in [6.45, 7) is 0. The SMILES string of the molecule is O[C@@H]1c2nc(c(-c3cccc(F)c3)c3ccc([nH]3)c(-c3cccc(F)c3)c3nc(c(-c4cccc(F)c4)c4ccc([nH]4)c2-c2cccc(F)c2)CC3)[C@@H]1O. The summed E-state index contributed by atoms with van der Waals surface area (Å²) in [5.41, 5.74) is 7.17. The third kappa shape index (κ3) is 5.85. The Labute approximate surface area is 306 Å². The van der Waals surface area contributed by atoms with E-state index in [1.54, 1.807) is 60.7 Å². The lowest BCUT2D eigenvalue weighted by atomic mass is 9.97. The number of hydrogen-bond acceptors (Lipinski definition) is 4. The molecule has 9 rings (SSSR count). The van der Waals surface area contributed by atoms with Crippen molar-refractivity contribution in [2.75, 3.05) is 0 Å². The fourth-order valence-electron chi connectivity index (χ4n) is 7.63. The topological polar surface area (TPSA) is 97.8 Å². The first-order valence-corrected chi connectivity index (χ1v) is 17.4. The Morgan fingerprint density at radius 3 is 1.07 bits per heavy atom. The third-order valence-electron chi connectivity index (χ3n) is 9.96. The molecule has 10 heteroatoms. The van der Waals surface area contributed by atoms with Crippen molar-refractivity contribution >= 4 is 22.1 Å². The normalized spacial score (nSPS) is 15.4. The second-order valence-corrected chi connectivity index (χ2v) is 13.4. The van der Waals surface area contributed by atoms with Gasteiger partial charge in [-0.15, -0.1) is 0 Å². The molecule has 0 saturated heterocycles. The number of hydrogen-bond donors (Lipinski definition) is 4. The van der Waals surface area contributed by atoms with Crippen LogP contribution < -0.4 is 0 Å². The lowest BCUT2D eigenvalue weighted by molar-refractivity contribution is 0.0260. The largest absolute Gasteiger partial charge is 0.384 e. The predicted octanol–water partition coefficient (Wildman–Crippen LogP) is 10.1. The highest BCUT2D eigenvalue weighted by atomic mass is 19.1. The second-order valence-electron chi connectivity index (χ2n) is 13.4. The van der Waals surface area contributed by atoms with E-state index in [9.17, 15) is 27.8 Å². The van der Waals surface area contributed by atoms with Crippen molar-refractivity contribution in [2.45, 2.75) is 25.0 Å². The number of aromatic amines is 2. The number of aryl methyl sites for hydroxylation is 2. The van der Waals surface area contributed by atoms with Crippen LogP contribution in [0.5, 0.6) is 0 Å². The second kappa shape index (κ2) is 13.2. The molecule has 6 nitrogen and oxygen atoms in total. The predicted molar refractivity (Wildman–Crippen MR) is 200 cm³/mol. The van der Waals surface area contributed by atoms with Crippen molar-refractivity contribution in [1.29, 1.82) is 0 Å². The minimum absolute atomic E-state index is 0.0532. The summed E-state index contributed by atoms with van der Waals surface area (Å²) >= 11 is 0. The van der Waals surface area contributed by atoms with Crippen LogP contribution in [0.15, 0.2) is 121 Å². The van der Waals surface area contributed by atoms with Crippen molar-refractivity contribution in [1.82, 2.24) is 19.9 Å². The molecule has 2 atom stereocenters. The molecule has 2 aliphatic heterocycles. The van der Waals surface area contributed by atoms with Crippen LogP contribution in [0.1, 0.15) is 35.0 Å². The molecule has 0 spiro atoms. The molecule has 0 amide bonds. The summed E-state index contributed by atoms with van der Waals surface area (Å²) < 4.78 is 59.4. The van der Waals surface area contributed by atoms with E-state index in [0.717, 1.165) is 0 Å². The van der Waals surface area contributed by atoms with E-state index in [0.29, 0.717) is 90.8 Å². The number of rotatable bonds is 4. The van der Waals surface area contributed by atoms with Crippen LogP contribution >= 0.6 is 0 Å². The molecule has 4 N–H and O–H groups in total. The minimum Gasteiger partial charge on any atom is -0.384 e. The molecule has 54 heavy (non-hydrogen) atoms. The molecule has 5 heterocycles. The van der Waals surface area contributed by atoms with Crippen LogP contribution in [0.3, 0.4) is 0 Å². The molecule has 0 fully saturated rings. The van der Waals surface area contributed by atoms with Gasteiger partial charge in [-0.2, -0.15) is 0 Å². The van der Waals surface area contributed by atoms with Crippen molar-refractivity contribution in [3.8, 4) is 44.5 Å². The van der Waals surface area contributed by atoms with Gasteiger partial charge in [0.15, 0.2) is 0 Å². The highest BCUT2D eigenvalue weighted by Crippen LogP contribution is 2.44. The van der Waals surface area contributed by atoms with Gasteiger partial charge in [-0.25, -0.2) is 17.6 Å². The maximum Gasteiger partial charge on any atom is 0.128 e. The van der Waals surface area contributed by atoms with Crippen LogP contribution in [0.4, 0.5) is 17.6 Å². The number of fused-ring (bicyclic) bond motifs is 8. The van der Waals surface area contributed by atoms with Crippen molar-refractivity contribution in [2.24, 2.45) is 0 Å². The van der Waals surface area contributed by atoms with Gasteiger partial charge in [0.2, 0.25) is 0 Å². The first-order valence-electron chi connectivity index (χ1n) is 17.4. The average molecular weight is 723 g/mol. The lowest BCUT2D eigenvalue weighted by Gasteiger charge is -2.13. The molecule has 8 bridgehead atoms. The first kappa shape index (κ1) is 33.5. The summed E-state index contributed by atoms with van der Waals surface area (Å²) in [5, 5.41) is 23.6. The number of aliphatic hydroxyl groups excluding tert-OH is 2. The number of H-pyrrole nitrogens is 2. The molecule has 3 aromatic heterocycles. The van der Waals surface area contributed by atoms with Gasteiger partial charge in [0, 0.05) is 44.3 Å². The summed E-state index contributed by atoms with van der Waals surface area (Å²) in [6, 6.07) is 31.1. The van der Waals surface area contributed by atoms with Gasteiger partial charge in [0.1, 0.15) is 35.5 Å². The smallest absolute Gasteiger partial charge is 0.128 e. The van der Waals surface area contributed by atoms with Gasteiger partial charge in [0.25, 0.3) is 0 Å². The monoisotopic (exact) mass is 722 g/mol. The number of nitrogens with one attached hydrogen (secondary N) is 2. The summed E-state index contributed by atoms with van der Waals surface area (Å²) in [7, 11) is 0. The fraction of sp³-hybridized carbons (Fsp3) is 0.0909. The molecule has 4 aromatic carbocycles. The molecule has 7 aromatic rings.